The Labute approximate surface area is 161 Å². The standard InChI is InChI=1S/C21H12F5N3/c22-14-3-1-12(2-4-14)18-19(13-7-9-27-10-8-13)29-20(28-18)16-6-5-15(23)11-17(16)21(24,25)26/h1-11H,(H,28,29). The van der Waals surface area contributed by atoms with Crippen molar-refractivity contribution >= 4 is 0 Å². The summed E-state index contributed by atoms with van der Waals surface area (Å²) in [6.07, 6.45) is -1.70. The van der Waals surface area contributed by atoms with Gasteiger partial charge in [-0.05, 0) is 54.6 Å². The van der Waals surface area contributed by atoms with Crippen molar-refractivity contribution in [1.82, 2.24) is 15.0 Å². The van der Waals surface area contributed by atoms with Crippen molar-refractivity contribution in [3.05, 3.63) is 84.2 Å². The maximum absolute atomic E-state index is 13.5. The number of hydrogen-bond acceptors (Lipinski definition) is 2. The molecule has 0 bridgehead atoms. The number of nitrogens with one attached hydrogen (secondary N) is 1. The molecule has 4 rings (SSSR count). The van der Waals surface area contributed by atoms with E-state index in [1.54, 1.807) is 12.1 Å². The Morgan fingerprint density at radius 3 is 2.07 bits per heavy atom. The van der Waals surface area contributed by atoms with Crippen molar-refractivity contribution in [2.45, 2.75) is 6.18 Å². The summed E-state index contributed by atoms with van der Waals surface area (Å²) in [7, 11) is 0. The predicted molar refractivity (Wildman–Crippen MR) is 97.6 cm³/mol. The topological polar surface area (TPSA) is 41.6 Å². The van der Waals surface area contributed by atoms with Gasteiger partial charge in [-0.15, -0.1) is 0 Å². The molecule has 29 heavy (non-hydrogen) atoms. The summed E-state index contributed by atoms with van der Waals surface area (Å²) in [5.41, 5.74) is 0.487. The van der Waals surface area contributed by atoms with E-state index in [1.807, 2.05) is 0 Å². The van der Waals surface area contributed by atoms with Crippen molar-refractivity contribution < 1.29 is 22.0 Å². The summed E-state index contributed by atoms with van der Waals surface area (Å²) < 4.78 is 67.2. The molecule has 8 heteroatoms. The number of H-pyrrole nitrogens is 1. The van der Waals surface area contributed by atoms with E-state index in [4.69, 9.17) is 0 Å². The minimum atomic E-state index is -4.77. The summed E-state index contributed by atoms with van der Waals surface area (Å²) >= 11 is 0. The van der Waals surface area contributed by atoms with Gasteiger partial charge in [-0.2, -0.15) is 13.2 Å². The van der Waals surface area contributed by atoms with E-state index in [9.17, 15) is 22.0 Å². The first-order chi connectivity index (χ1) is 13.8. The maximum Gasteiger partial charge on any atom is 0.417 e. The van der Waals surface area contributed by atoms with Crippen LogP contribution in [0.25, 0.3) is 33.9 Å². The number of nitrogens with zero attached hydrogens (tertiary/aromatic N) is 2. The highest BCUT2D eigenvalue weighted by Gasteiger charge is 2.35. The molecule has 2 aromatic heterocycles. The van der Waals surface area contributed by atoms with Gasteiger partial charge in [-0.25, -0.2) is 13.8 Å². The molecule has 2 heterocycles. The smallest absolute Gasteiger partial charge is 0.337 e. The molecule has 0 amide bonds. The predicted octanol–water partition coefficient (Wildman–Crippen LogP) is 6.10. The van der Waals surface area contributed by atoms with Crippen molar-refractivity contribution in [2.24, 2.45) is 0 Å². The Hall–Kier alpha value is -3.55. The molecular formula is C21H12F5N3. The average molecular weight is 401 g/mol. The van der Waals surface area contributed by atoms with Crippen LogP contribution < -0.4 is 0 Å². The van der Waals surface area contributed by atoms with Crippen LogP contribution in [0.5, 0.6) is 0 Å². The lowest BCUT2D eigenvalue weighted by atomic mass is 10.1. The summed E-state index contributed by atoms with van der Waals surface area (Å²) in [6.45, 7) is 0. The third kappa shape index (κ3) is 3.73. The number of hydrogen-bond donors (Lipinski definition) is 1. The summed E-state index contributed by atoms with van der Waals surface area (Å²) in [5.74, 6) is -1.53. The van der Waals surface area contributed by atoms with Gasteiger partial charge in [0.05, 0.1) is 17.0 Å². The van der Waals surface area contributed by atoms with Gasteiger partial charge in [-0.1, -0.05) is 0 Å². The SMILES string of the molecule is Fc1ccc(-c2nc(-c3ccc(F)cc3C(F)(F)F)[nH]c2-c2ccncc2)cc1. The molecule has 4 aromatic rings. The summed E-state index contributed by atoms with van der Waals surface area (Å²) in [6, 6.07) is 11.2. The lowest BCUT2D eigenvalue weighted by molar-refractivity contribution is -0.137. The van der Waals surface area contributed by atoms with Gasteiger partial charge in [0.1, 0.15) is 17.5 Å². The molecule has 146 valence electrons. The van der Waals surface area contributed by atoms with E-state index in [1.165, 1.54) is 36.7 Å². The number of halogens is 5. The molecule has 0 radical (unpaired) electrons. The zero-order valence-corrected chi connectivity index (χ0v) is 14.6. The first kappa shape index (κ1) is 18.8. The molecule has 0 aliphatic carbocycles. The number of aromatic nitrogens is 3. The molecule has 1 N–H and O–H groups in total. The Morgan fingerprint density at radius 2 is 1.41 bits per heavy atom. The summed E-state index contributed by atoms with van der Waals surface area (Å²) in [5, 5.41) is 0. The van der Waals surface area contributed by atoms with E-state index in [2.05, 4.69) is 15.0 Å². The van der Waals surface area contributed by atoms with Gasteiger partial charge >= 0.3 is 6.18 Å². The second kappa shape index (κ2) is 7.12. The molecule has 3 nitrogen and oxygen atoms in total. The van der Waals surface area contributed by atoms with E-state index in [0.717, 1.165) is 12.1 Å². The first-order valence-corrected chi connectivity index (χ1v) is 8.46. The minimum absolute atomic E-state index is 0.0801. The quantitative estimate of drug-likeness (QED) is 0.421. The number of alkyl halides is 3. The summed E-state index contributed by atoms with van der Waals surface area (Å²) in [4.78, 5) is 11.2. The van der Waals surface area contributed by atoms with Crippen LogP contribution >= 0.6 is 0 Å². The third-order valence-corrected chi connectivity index (χ3v) is 4.33. The van der Waals surface area contributed by atoms with Gasteiger partial charge in [0, 0.05) is 29.1 Å². The van der Waals surface area contributed by atoms with Gasteiger partial charge in [0.25, 0.3) is 0 Å². The highest BCUT2D eigenvalue weighted by atomic mass is 19.4. The lowest BCUT2D eigenvalue weighted by Crippen LogP contribution is -2.08. The van der Waals surface area contributed by atoms with Gasteiger partial charge < -0.3 is 4.98 Å². The van der Waals surface area contributed by atoms with E-state index >= 15 is 0 Å². The Kier molecular flexibility index (Phi) is 4.62. The number of pyridine rings is 1. The molecule has 0 saturated heterocycles. The van der Waals surface area contributed by atoms with Crippen molar-refractivity contribution in [2.75, 3.05) is 0 Å². The number of benzene rings is 2. The third-order valence-electron chi connectivity index (χ3n) is 4.33. The van der Waals surface area contributed by atoms with E-state index < -0.39 is 23.4 Å². The largest absolute Gasteiger partial charge is 0.417 e. The van der Waals surface area contributed by atoms with Crippen LogP contribution in [0.15, 0.2) is 67.0 Å². The van der Waals surface area contributed by atoms with Crippen LogP contribution in [0.3, 0.4) is 0 Å². The van der Waals surface area contributed by atoms with E-state index in [-0.39, 0.29) is 11.4 Å². The molecular weight excluding hydrogens is 389 g/mol. The maximum atomic E-state index is 13.5. The van der Waals surface area contributed by atoms with Gasteiger partial charge in [0.2, 0.25) is 0 Å². The normalized spacial score (nSPS) is 11.6. The number of imidazole rings is 1. The Morgan fingerprint density at radius 1 is 0.759 bits per heavy atom. The van der Waals surface area contributed by atoms with Crippen LogP contribution in [0.2, 0.25) is 0 Å². The highest BCUT2D eigenvalue weighted by Crippen LogP contribution is 2.39. The molecule has 0 aliphatic heterocycles. The van der Waals surface area contributed by atoms with Crippen molar-refractivity contribution in [3.8, 4) is 33.9 Å². The molecule has 0 unspecified atom stereocenters. The Bertz CT molecular complexity index is 1150. The van der Waals surface area contributed by atoms with Crippen LogP contribution in [-0.4, -0.2) is 15.0 Å². The number of rotatable bonds is 3. The lowest BCUT2D eigenvalue weighted by Gasteiger charge is -2.11. The van der Waals surface area contributed by atoms with Crippen molar-refractivity contribution in [1.29, 1.82) is 0 Å². The van der Waals surface area contributed by atoms with Gasteiger partial charge in [0.15, 0.2) is 0 Å². The minimum Gasteiger partial charge on any atom is -0.337 e. The molecule has 0 fully saturated rings. The van der Waals surface area contributed by atoms with Crippen LogP contribution in [0.1, 0.15) is 5.56 Å². The fraction of sp³-hybridized carbons (Fsp3) is 0.0476. The average Bonchev–Trinajstić information content (AvgIpc) is 3.14. The molecule has 0 spiro atoms. The number of aromatic amines is 1. The highest BCUT2D eigenvalue weighted by molar-refractivity contribution is 5.81. The van der Waals surface area contributed by atoms with Crippen LogP contribution in [0.4, 0.5) is 22.0 Å². The molecule has 0 saturated carbocycles. The molecule has 0 aliphatic rings. The first-order valence-electron chi connectivity index (χ1n) is 8.46. The second-order valence-electron chi connectivity index (χ2n) is 6.24. The second-order valence-corrected chi connectivity index (χ2v) is 6.24. The van der Waals surface area contributed by atoms with E-state index in [0.29, 0.717) is 28.6 Å². The monoisotopic (exact) mass is 401 g/mol. The van der Waals surface area contributed by atoms with Crippen LogP contribution in [0, 0.1) is 11.6 Å². The van der Waals surface area contributed by atoms with Crippen LogP contribution in [-0.2, 0) is 6.18 Å². The Balaban J connectivity index is 1.95. The van der Waals surface area contributed by atoms with Gasteiger partial charge in [-0.3, -0.25) is 4.98 Å². The fourth-order valence-electron chi connectivity index (χ4n) is 3.00. The molecule has 0 atom stereocenters. The fourth-order valence-corrected chi connectivity index (χ4v) is 3.00. The van der Waals surface area contributed by atoms with Crippen molar-refractivity contribution in [3.63, 3.8) is 0 Å². The molecule has 2 aromatic carbocycles. The zero-order valence-electron chi connectivity index (χ0n) is 14.6. The zero-order chi connectivity index (χ0) is 20.6.